The van der Waals surface area contributed by atoms with Gasteiger partial charge >= 0.3 is 0 Å². The fourth-order valence-corrected chi connectivity index (χ4v) is 9.95. The standard InChI is InChI=1S/C50H81N5O9S/c1-13-25-63-27-28-64-26-22-42(57)53(9)45(34(5)6)48(59)52-44(33(3)4)50(60)54(10)46(35(7)14-2)41(61-11)32-43(58)55-24-18-21-39(55)47(62-12)36(8)40(56)31-38(49-51-23-29-65-49)30-37-19-16-15-17-20-37/h15-17,19-20,23,29,33-36,38-39,41,44-47H,13-14,18,21-22,24-28,30-32H2,1-12H3,(H,52,59)/t35-,36-,38+,39-,41+,44-,45-,46-,47+/m0/s1. The molecule has 1 aromatic heterocycles. The van der Waals surface area contributed by atoms with Crippen molar-refractivity contribution in [3.8, 4) is 0 Å². The lowest BCUT2D eigenvalue weighted by atomic mass is 9.85. The number of carbonyl (C=O) groups is 5. The topological polar surface area (TPSA) is 157 Å². The number of amides is 4. The first-order valence-corrected chi connectivity index (χ1v) is 24.7. The molecule has 1 fully saturated rings. The smallest absolute Gasteiger partial charge is 0.245 e. The molecule has 15 heteroatoms. The summed E-state index contributed by atoms with van der Waals surface area (Å²) in [6, 6.07) is 7.58. The van der Waals surface area contributed by atoms with Gasteiger partial charge < -0.3 is 39.0 Å². The molecule has 2 aromatic rings. The van der Waals surface area contributed by atoms with Crippen molar-refractivity contribution in [2.24, 2.45) is 23.7 Å². The number of ketones is 1. The normalized spacial score (nSPS) is 17.8. The lowest BCUT2D eigenvalue weighted by Crippen LogP contribution is -2.60. The third-order valence-corrected chi connectivity index (χ3v) is 14.0. The lowest BCUT2D eigenvalue weighted by Gasteiger charge is -2.41. The van der Waals surface area contributed by atoms with Crippen LogP contribution in [0.2, 0.25) is 0 Å². The first kappa shape index (κ1) is 55.6. The van der Waals surface area contributed by atoms with Gasteiger partial charge in [0, 0.05) is 71.3 Å². The quantitative estimate of drug-likeness (QED) is 0.0827. The number of hydrogen-bond acceptors (Lipinski definition) is 11. The Balaban J connectivity index is 1.74. The SMILES string of the molecule is CCCOCCOCCC(=O)N(C)[C@H](C(=O)N[C@H](C(=O)N(C)[C@@H]([C@@H](C)CC)[C@@H](CC(=O)N1CCC[C@H]1[C@H](OC)[C@@H](C)C(=O)C[C@@H](Cc1ccccc1)c1nccs1)OC)C(C)C)C(C)C. The van der Waals surface area contributed by atoms with Crippen LogP contribution in [-0.2, 0) is 49.3 Å². The summed E-state index contributed by atoms with van der Waals surface area (Å²) in [6.07, 6.45) is 4.81. The molecule has 2 heterocycles. The van der Waals surface area contributed by atoms with Crippen LogP contribution < -0.4 is 5.32 Å². The number of rotatable bonds is 30. The minimum atomic E-state index is -0.907. The van der Waals surface area contributed by atoms with Crippen LogP contribution in [0.3, 0.4) is 0 Å². The molecule has 1 aromatic carbocycles. The van der Waals surface area contributed by atoms with Crippen molar-refractivity contribution in [3.05, 3.63) is 52.5 Å². The Morgan fingerprint density at radius 2 is 1.55 bits per heavy atom. The van der Waals surface area contributed by atoms with Crippen molar-refractivity contribution >= 4 is 40.7 Å². The first-order chi connectivity index (χ1) is 31.0. The second kappa shape index (κ2) is 28.4. The first-order valence-electron chi connectivity index (χ1n) is 23.8. The monoisotopic (exact) mass is 928 g/mol. The van der Waals surface area contributed by atoms with Gasteiger partial charge in [0.1, 0.15) is 17.9 Å². The summed E-state index contributed by atoms with van der Waals surface area (Å²) in [6.45, 7) is 17.7. The average Bonchev–Trinajstić information content (AvgIpc) is 4.01. The minimum absolute atomic E-state index is 0.0120. The number of nitrogens with zero attached hydrogens (tertiary/aromatic N) is 4. The van der Waals surface area contributed by atoms with E-state index in [4.69, 9.17) is 18.9 Å². The fourth-order valence-electron chi connectivity index (χ4n) is 9.21. The van der Waals surface area contributed by atoms with E-state index in [1.165, 1.54) is 4.90 Å². The summed E-state index contributed by atoms with van der Waals surface area (Å²) in [4.78, 5) is 79.9. The van der Waals surface area contributed by atoms with Crippen LogP contribution in [-0.4, -0.2) is 147 Å². The van der Waals surface area contributed by atoms with E-state index < -0.39 is 42.2 Å². The summed E-state index contributed by atoms with van der Waals surface area (Å²) in [5.74, 6) is -2.17. The molecule has 366 valence electrons. The van der Waals surface area contributed by atoms with E-state index in [2.05, 4.69) is 22.4 Å². The number of Topliss-reactive ketones (excluding diaryl/α,β-unsaturated/α-hetero) is 1. The molecule has 65 heavy (non-hydrogen) atoms. The number of nitrogens with one attached hydrogen (secondary N) is 1. The molecule has 14 nitrogen and oxygen atoms in total. The highest BCUT2D eigenvalue weighted by Gasteiger charge is 2.43. The van der Waals surface area contributed by atoms with E-state index >= 15 is 0 Å². The van der Waals surface area contributed by atoms with Gasteiger partial charge in [0.05, 0.1) is 62.0 Å². The average molecular weight is 928 g/mol. The van der Waals surface area contributed by atoms with Crippen LogP contribution in [0.15, 0.2) is 41.9 Å². The van der Waals surface area contributed by atoms with Crippen molar-refractivity contribution in [2.75, 3.05) is 61.3 Å². The second-order valence-electron chi connectivity index (χ2n) is 18.4. The summed E-state index contributed by atoms with van der Waals surface area (Å²) < 4.78 is 23.2. The third kappa shape index (κ3) is 16.2. The van der Waals surface area contributed by atoms with Crippen LogP contribution in [0.5, 0.6) is 0 Å². The Bertz CT molecular complexity index is 1730. The van der Waals surface area contributed by atoms with Crippen molar-refractivity contribution in [2.45, 2.75) is 149 Å². The maximum atomic E-state index is 14.6. The molecule has 3 rings (SSSR count). The largest absolute Gasteiger partial charge is 0.379 e. The maximum absolute atomic E-state index is 14.6. The van der Waals surface area contributed by atoms with Crippen molar-refractivity contribution in [1.29, 1.82) is 0 Å². The van der Waals surface area contributed by atoms with E-state index in [1.54, 1.807) is 50.7 Å². The number of methoxy groups -OCH3 is 2. The Morgan fingerprint density at radius 3 is 2.12 bits per heavy atom. The molecule has 0 aliphatic carbocycles. The zero-order valence-electron chi connectivity index (χ0n) is 41.5. The summed E-state index contributed by atoms with van der Waals surface area (Å²) in [5, 5.41) is 5.87. The highest BCUT2D eigenvalue weighted by atomic mass is 32.1. The van der Waals surface area contributed by atoms with E-state index in [0.29, 0.717) is 52.0 Å². The zero-order valence-corrected chi connectivity index (χ0v) is 42.3. The summed E-state index contributed by atoms with van der Waals surface area (Å²) in [7, 11) is 6.50. The molecule has 0 radical (unpaired) electrons. The van der Waals surface area contributed by atoms with E-state index in [0.717, 1.165) is 23.4 Å². The second-order valence-corrected chi connectivity index (χ2v) is 19.3. The number of likely N-dealkylation sites (N-methyl/N-ethyl adjacent to an activating group) is 2. The molecule has 0 bridgehead atoms. The number of thiazole rings is 1. The van der Waals surface area contributed by atoms with Crippen molar-refractivity contribution < 1.29 is 42.9 Å². The highest BCUT2D eigenvalue weighted by Crippen LogP contribution is 2.33. The number of likely N-dealkylation sites (tertiary alicyclic amines) is 1. The zero-order chi connectivity index (χ0) is 48.2. The van der Waals surface area contributed by atoms with Gasteiger partial charge in [0.25, 0.3) is 0 Å². The number of carbonyl (C=O) groups excluding carboxylic acids is 5. The molecule has 1 aliphatic heterocycles. The van der Waals surface area contributed by atoms with E-state index in [-0.39, 0.29) is 72.7 Å². The predicted octanol–water partition coefficient (Wildman–Crippen LogP) is 6.81. The van der Waals surface area contributed by atoms with Crippen LogP contribution in [0.4, 0.5) is 0 Å². The number of benzene rings is 1. The number of ether oxygens (including phenoxy) is 4. The van der Waals surface area contributed by atoms with Crippen LogP contribution >= 0.6 is 11.3 Å². The molecule has 9 atom stereocenters. The number of aromatic nitrogens is 1. The Morgan fingerprint density at radius 1 is 0.877 bits per heavy atom. The number of hydrogen-bond donors (Lipinski definition) is 1. The van der Waals surface area contributed by atoms with Gasteiger partial charge in [-0.1, -0.05) is 92.1 Å². The van der Waals surface area contributed by atoms with Gasteiger partial charge in [-0.25, -0.2) is 4.98 Å². The Hall–Kier alpha value is -3.76. The lowest BCUT2D eigenvalue weighted by molar-refractivity contribution is -0.148. The van der Waals surface area contributed by atoms with Gasteiger partial charge in [0.2, 0.25) is 23.6 Å². The Kier molecular flexibility index (Phi) is 24.3. The van der Waals surface area contributed by atoms with Crippen LogP contribution in [0.1, 0.15) is 117 Å². The molecule has 4 amide bonds. The van der Waals surface area contributed by atoms with E-state index in [9.17, 15) is 24.0 Å². The molecular formula is C50H81N5O9S. The van der Waals surface area contributed by atoms with Crippen LogP contribution in [0.25, 0.3) is 0 Å². The summed E-state index contributed by atoms with van der Waals surface area (Å²) in [5.41, 5.74) is 1.14. The van der Waals surface area contributed by atoms with Crippen molar-refractivity contribution in [1.82, 2.24) is 25.0 Å². The summed E-state index contributed by atoms with van der Waals surface area (Å²) >= 11 is 1.56. The molecular weight excluding hydrogens is 847 g/mol. The van der Waals surface area contributed by atoms with Gasteiger partial charge in [-0.3, -0.25) is 24.0 Å². The molecule has 0 unspecified atom stereocenters. The van der Waals surface area contributed by atoms with Gasteiger partial charge in [-0.05, 0) is 49.0 Å². The highest BCUT2D eigenvalue weighted by molar-refractivity contribution is 7.09. The van der Waals surface area contributed by atoms with Crippen molar-refractivity contribution in [3.63, 3.8) is 0 Å². The van der Waals surface area contributed by atoms with Gasteiger partial charge in [-0.15, -0.1) is 11.3 Å². The fraction of sp³-hybridized carbons (Fsp3) is 0.720. The van der Waals surface area contributed by atoms with Gasteiger partial charge in [0.15, 0.2) is 0 Å². The predicted molar refractivity (Wildman–Crippen MR) is 255 cm³/mol. The van der Waals surface area contributed by atoms with E-state index in [1.807, 2.05) is 83.9 Å². The molecule has 1 N–H and O–H groups in total. The maximum Gasteiger partial charge on any atom is 0.245 e. The Labute approximate surface area is 393 Å². The molecule has 0 spiro atoms. The minimum Gasteiger partial charge on any atom is -0.379 e. The molecule has 1 aliphatic rings. The third-order valence-electron chi connectivity index (χ3n) is 13.0. The molecule has 0 saturated carbocycles. The van der Waals surface area contributed by atoms with Gasteiger partial charge in [-0.2, -0.15) is 0 Å². The molecule has 1 saturated heterocycles. The van der Waals surface area contributed by atoms with Crippen LogP contribution in [0, 0.1) is 23.7 Å².